The summed E-state index contributed by atoms with van der Waals surface area (Å²) in [6.07, 6.45) is 57.1. The van der Waals surface area contributed by atoms with E-state index < -0.39 is 97.5 Å². The van der Waals surface area contributed by atoms with Crippen molar-refractivity contribution >= 4 is 39.5 Å². The van der Waals surface area contributed by atoms with Crippen LogP contribution in [0.25, 0.3) is 0 Å². The van der Waals surface area contributed by atoms with Crippen molar-refractivity contribution in [1.29, 1.82) is 0 Å². The van der Waals surface area contributed by atoms with Gasteiger partial charge in [0.2, 0.25) is 0 Å². The highest BCUT2D eigenvalue weighted by Crippen LogP contribution is 2.45. The first-order valence-corrected chi connectivity index (χ1v) is 43.9. The van der Waals surface area contributed by atoms with Gasteiger partial charge in [-0.25, -0.2) is 9.13 Å². The SMILES string of the molecule is CCCCCCCCCCCCCCCCCCCCCCCCC(=O)O[C@H](COC(=O)CCCCCCCCCCCCC(C)C)COP(=O)(O)OC[C@@H](O)COP(=O)(O)OC[C@@H](COC(=O)CCCCCCCCC(C)CC)OC(=O)CCCCCCCCCCCCC(C)C. The number of esters is 4. The number of carbonyl (C=O) groups excluding carboxylic acids is 4. The van der Waals surface area contributed by atoms with E-state index in [4.69, 9.17) is 37.0 Å². The number of rotatable bonds is 77. The number of carbonyl (C=O) groups is 4. The van der Waals surface area contributed by atoms with E-state index in [1.807, 2.05) is 0 Å². The molecule has 0 spiro atoms. The lowest BCUT2D eigenvalue weighted by Crippen LogP contribution is -2.30. The zero-order chi connectivity index (χ0) is 72.3. The zero-order valence-corrected chi connectivity index (χ0v) is 66.0. The second-order valence-electron chi connectivity index (χ2n) is 29.6. The Morgan fingerprint density at radius 3 is 0.776 bits per heavy atom. The maximum absolute atomic E-state index is 13.1. The number of hydrogen-bond donors (Lipinski definition) is 3. The summed E-state index contributed by atoms with van der Waals surface area (Å²) < 4.78 is 68.6. The van der Waals surface area contributed by atoms with Crippen LogP contribution in [0.1, 0.15) is 408 Å². The normalized spacial score (nSPS) is 14.3. The van der Waals surface area contributed by atoms with Crippen LogP contribution in [0, 0.1) is 17.8 Å². The Morgan fingerprint density at radius 2 is 0.520 bits per heavy atom. The van der Waals surface area contributed by atoms with Crippen LogP contribution in [0.3, 0.4) is 0 Å². The molecule has 0 radical (unpaired) electrons. The van der Waals surface area contributed by atoms with Crippen LogP contribution in [0.4, 0.5) is 0 Å². The minimum Gasteiger partial charge on any atom is -0.462 e. The van der Waals surface area contributed by atoms with E-state index in [-0.39, 0.29) is 25.7 Å². The second-order valence-corrected chi connectivity index (χ2v) is 32.6. The van der Waals surface area contributed by atoms with Gasteiger partial charge in [0, 0.05) is 25.7 Å². The van der Waals surface area contributed by atoms with E-state index >= 15 is 0 Å². The maximum Gasteiger partial charge on any atom is 0.472 e. The molecule has 17 nitrogen and oxygen atoms in total. The number of aliphatic hydroxyl groups is 1. The lowest BCUT2D eigenvalue weighted by molar-refractivity contribution is -0.161. The van der Waals surface area contributed by atoms with Gasteiger partial charge in [0.15, 0.2) is 12.2 Å². The quantitative estimate of drug-likeness (QED) is 0.0222. The third kappa shape index (κ3) is 71.1. The van der Waals surface area contributed by atoms with Crippen LogP contribution in [0.2, 0.25) is 0 Å². The fraction of sp³-hybridized carbons (Fsp3) is 0.949. The Bertz CT molecular complexity index is 1910. The van der Waals surface area contributed by atoms with E-state index in [1.54, 1.807) is 0 Å². The number of phosphoric acid groups is 2. The van der Waals surface area contributed by atoms with Crippen LogP contribution in [-0.2, 0) is 65.4 Å². The molecule has 0 aromatic carbocycles. The van der Waals surface area contributed by atoms with Gasteiger partial charge in [-0.1, -0.05) is 357 Å². The van der Waals surface area contributed by atoms with E-state index in [9.17, 15) is 43.2 Å². The van der Waals surface area contributed by atoms with Crippen molar-refractivity contribution in [2.24, 2.45) is 17.8 Å². The van der Waals surface area contributed by atoms with Crippen molar-refractivity contribution in [1.82, 2.24) is 0 Å². The minimum atomic E-state index is -4.96. The van der Waals surface area contributed by atoms with Crippen molar-refractivity contribution in [2.45, 2.75) is 426 Å². The molecule has 3 unspecified atom stereocenters. The molecule has 98 heavy (non-hydrogen) atoms. The van der Waals surface area contributed by atoms with Gasteiger partial charge in [0.1, 0.15) is 19.3 Å². The molecule has 19 heteroatoms. The Labute approximate surface area is 600 Å². The molecular weight excluding hydrogens is 1280 g/mol. The summed E-state index contributed by atoms with van der Waals surface area (Å²) in [7, 11) is -9.92. The van der Waals surface area contributed by atoms with E-state index in [1.165, 1.54) is 212 Å². The third-order valence-corrected chi connectivity index (χ3v) is 20.6. The Hall–Kier alpha value is -1.94. The van der Waals surface area contributed by atoms with Gasteiger partial charge in [-0.15, -0.1) is 0 Å². The first-order chi connectivity index (χ1) is 47.3. The Balaban J connectivity index is 5.20. The predicted molar refractivity (Wildman–Crippen MR) is 400 cm³/mol. The number of unbranched alkanes of at least 4 members (excludes halogenated alkanes) is 44. The highest BCUT2D eigenvalue weighted by molar-refractivity contribution is 7.47. The molecule has 6 atom stereocenters. The summed E-state index contributed by atoms with van der Waals surface area (Å²) in [6.45, 7) is 11.9. The second kappa shape index (κ2) is 69.4. The fourth-order valence-electron chi connectivity index (χ4n) is 12.1. The van der Waals surface area contributed by atoms with Crippen LogP contribution in [0.15, 0.2) is 0 Å². The molecule has 0 aliphatic heterocycles. The molecule has 0 fully saturated rings. The van der Waals surface area contributed by atoms with Gasteiger partial charge in [0.05, 0.1) is 26.4 Å². The summed E-state index contributed by atoms with van der Waals surface area (Å²) in [6, 6.07) is 0. The third-order valence-electron chi connectivity index (χ3n) is 18.7. The fourth-order valence-corrected chi connectivity index (χ4v) is 13.7. The van der Waals surface area contributed by atoms with Gasteiger partial charge < -0.3 is 33.8 Å². The molecule has 0 saturated carbocycles. The average Bonchev–Trinajstić information content (AvgIpc) is 1.10. The van der Waals surface area contributed by atoms with Crippen LogP contribution in [-0.4, -0.2) is 96.7 Å². The molecule has 0 aromatic heterocycles. The summed E-state index contributed by atoms with van der Waals surface area (Å²) in [4.78, 5) is 72.9. The summed E-state index contributed by atoms with van der Waals surface area (Å²) in [5.41, 5.74) is 0. The first-order valence-electron chi connectivity index (χ1n) is 40.9. The monoisotopic (exact) mass is 1440 g/mol. The predicted octanol–water partition coefficient (Wildman–Crippen LogP) is 23.4. The van der Waals surface area contributed by atoms with Crippen LogP contribution in [0.5, 0.6) is 0 Å². The van der Waals surface area contributed by atoms with Crippen molar-refractivity contribution in [3.8, 4) is 0 Å². The standard InChI is InChI=1S/C79H154O17P2/c1-8-10-11-12-13-14-15-16-17-18-19-20-21-22-23-24-25-26-34-39-48-55-62-78(83)95-74(66-89-76(81)60-53-46-38-33-29-27-31-36-43-50-57-70(3)4)68-93-97(85,86)91-64-73(80)65-92-98(87,88)94-69-75(67-90-77(82)61-54-47-42-41-45-52-59-72(7)9-2)96-79(84)63-56-49-40-35-30-28-32-37-44-51-58-71(5)6/h70-75,80H,8-69H2,1-7H3,(H,85,86)(H,87,88)/t72?,73-,74-,75-/m1/s1. The molecule has 582 valence electrons. The van der Waals surface area contributed by atoms with Crippen LogP contribution >= 0.6 is 15.6 Å². The van der Waals surface area contributed by atoms with Gasteiger partial charge in [-0.2, -0.15) is 0 Å². The van der Waals surface area contributed by atoms with Gasteiger partial charge in [-0.05, 0) is 43.4 Å². The smallest absolute Gasteiger partial charge is 0.462 e. The molecule has 3 N–H and O–H groups in total. The molecule has 0 heterocycles. The number of ether oxygens (including phenoxy) is 4. The molecular formula is C79H154O17P2. The van der Waals surface area contributed by atoms with E-state index in [0.717, 1.165) is 114 Å². The van der Waals surface area contributed by atoms with E-state index in [0.29, 0.717) is 25.7 Å². The maximum atomic E-state index is 13.1. The summed E-state index contributed by atoms with van der Waals surface area (Å²) in [5.74, 6) is 0.124. The van der Waals surface area contributed by atoms with Crippen molar-refractivity contribution < 1.29 is 80.2 Å². The van der Waals surface area contributed by atoms with Crippen LogP contribution < -0.4 is 0 Å². The first kappa shape index (κ1) is 96.1. The highest BCUT2D eigenvalue weighted by Gasteiger charge is 2.30. The lowest BCUT2D eigenvalue weighted by atomic mass is 10.00. The summed E-state index contributed by atoms with van der Waals surface area (Å²) >= 11 is 0. The molecule has 0 rings (SSSR count). The molecule has 0 aromatic rings. The summed E-state index contributed by atoms with van der Waals surface area (Å²) in [5, 5.41) is 10.6. The topological polar surface area (TPSA) is 237 Å². The number of phosphoric ester groups is 2. The largest absolute Gasteiger partial charge is 0.472 e. The number of aliphatic hydroxyl groups excluding tert-OH is 1. The Kier molecular flexibility index (Phi) is 68.1. The Morgan fingerprint density at radius 1 is 0.296 bits per heavy atom. The molecule has 0 aliphatic carbocycles. The number of hydrogen-bond acceptors (Lipinski definition) is 15. The molecule has 0 bridgehead atoms. The van der Waals surface area contributed by atoms with Gasteiger partial charge in [0.25, 0.3) is 0 Å². The highest BCUT2D eigenvalue weighted by atomic mass is 31.2. The van der Waals surface area contributed by atoms with Crippen molar-refractivity contribution in [2.75, 3.05) is 39.6 Å². The van der Waals surface area contributed by atoms with Gasteiger partial charge in [-0.3, -0.25) is 37.3 Å². The van der Waals surface area contributed by atoms with E-state index in [2.05, 4.69) is 48.5 Å². The molecule has 0 saturated heterocycles. The molecule has 0 amide bonds. The van der Waals surface area contributed by atoms with Crippen molar-refractivity contribution in [3.05, 3.63) is 0 Å². The average molecular weight is 1440 g/mol. The van der Waals surface area contributed by atoms with Gasteiger partial charge >= 0.3 is 39.5 Å². The lowest BCUT2D eigenvalue weighted by Gasteiger charge is -2.21. The zero-order valence-electron chi connectivity index (χ0n) is 64.3. The minimum absolute atomic E-state index is 0.105. The molecule has 0 aliphatic rings. The van der Waals surface area contributed by atoms with Crippen molar-refractivity contribution in [3.63, 3.8) is 0 Å².